The average molecular weight is 417 g/mol. The highest BCUT2D eigenvalue weighted by atomic mass is 35.5. The molecule has 10 heteroatoms. The zero-order chi connectivity index (χ0) is 18.7. The first kappa shape index (κ1) is 19.3. The van der Waals surface area contributed by atoms with Crippen LogP contribution in [0.3, 0.4) is 0 Å². The van der Waals surface area contributed by atoms with Gasteiger partial charge in [0, 0.05) is 12.7 Å². The van der Waals surface area contributed by atoms with Gasteiger partial charge in [-0.1, -0.05) is 35.0 Å². The van der Waals surface area contributed by atoms with Crippen LogP contribution in [0.25, 0.3) is 5.65 Å². The van der Waals surface area contributed by atoms with Gasteiger partial charge in [-0.15, -0.1) is 10.2 Å². The van der Waals surface area contributed by atoms with Crippen LogP contribution in [-0.4, -0.2) is 56.3 Å². The molecule has 0 bridgehead atoms. The van der Waals surface area contributed by atoms with Gasteiger partial charge in [0.2, 0.25) is 5.91 Å². The number of nitrogens with zero attached hydrogens (tertiary/aromatic N) is 4. The van der Waals surface area contributed by atoms with Gasteiger partial charge in [-0.3, -0.25) is 9.20 Å². The molecule has 0 radical (unpaired) electrons. The molecule has 3 heterocycles. The van der Waals surface area contributed by atoms with Crippen LogP contribution in [0.2, 0.25) is 10.0 Å². The van der Waals surface area contributed by atoms with Crippen molar-refractivity contribution in [1.29, 1.82) is 0 Å². The smallest absolute Gasteiger partial charge is 0.328 e. The van der Waals surface area contributed by atoms with Gasteiger partial charge in [0.05, 0.1) is 22.4 Å². The van der Waals surface area contributed by atoms with Gasteiger partial charge >= 0.3 is 5.97 Å². The van der Waals surface area contributed by atoms with E-state index in [1.807, 2.05) is 0 Å². The van der Waals surface area contributed by atoms with Crippen LogP contribution in [0.5, 0.6) is 0 Å². The number of hydrogen-bond acceptors (Lipinski definition) is 6. The van der Waals surface area contributed by atoms with E-state index < -0.39 is 6.04 Å². The Hall–Kier alpha value is -1.51. The summed E-state index contributed by atoms with van der Waals surface area (Å²) in [6.07, 6.45) is 4.07. The second-order valence-electron chi connectivity index (χ2n) is 5.82. The van der Waals surface area contributed by atoms with E-state index in [4.69, 9.17) is 27.9 Å². The third kappa shape index (κ3) is 4.07. The second-order valence-corrected chi connectivity index (χ2v) is 7.61. The lowest BCUT2D eigenvalue weighted by atomic mass is 10.0. The van der Waals surface area contributed by atoms with Gasteiger partial charge in [0.1, 0.15) is 6.04 Å². The number of aromatic nitrogens is 3. The predicted molar refractivity (Wildman–Crippen MR) is 99.7 cm³/mol. The van der Waals surface area contributed by atoms with Gasteiger partial charge in [0.25, 0.3) is 0 Å². The molecule has 3 rings (SSSR count). The molecule has 0 aromatic carbocycles. The van der Waals surface area contributed by atoms with Gasteiger partial charge in [-0.2, -0.15) is 0 Å². The number of carbonyl (C=O) groups excluding carboxylic acids is 2. The first-order chi connectivity index (χ1) is 12.5. The Morgan fingerprint density at radius 3 is 2.92 bits per heavy atom. The van der Waals surface area contributed by atoms with Gasteiger partial charge in [0.15, 0.2) is 10.8 Å². The summed E-state index contributed by atoms with van der Waals surface area (Å²) in [7, 11) is 0. The van der Waals surface area contributed by atoms with E-state index in [-0.39, 0.29) is 17.6 Å². The van der Waals surface area contributed by atoms with E-state index in [0.29, 0.717) is 40.4 Å². The quantitative estimate of drug-likeness (QED) is 0.550. The van der Waals surface area contributed by atoms with Crippen LogP contribution in [0.15, 0.2) is 17.4 Å². The average Bonchev–Trinajstić information content (AvgIpc) is 3.03. The number of ether oxygens (including phenoxy) is 1. The number of esters is 1. The Morgan fingerprint density at radius 1 is 1.35 bits per heavy atom. The first-order valence-electron chi connectivity index (χ1n) is 8.30. The van der Waals surface area contributed by atoms with E-state index in [0.717, 1.165) is 12.8 Å². The summed E-state index contributed by atoms with van der Waals surface area (Å²) < 4.78 is 6.76. The summed E-state index contributed by atoms with van der Waals surface area (Å²) in [5.41, 5.74) is 0.480. The molecule has 140 valence electrons. The number of piperidine rings is 1. The van der Waals surface area contributed by atoms with Crippen LogP contribution >= 0.6 is 35.0 Å². The summed E-state index contributed by atoms with van der Waals surface area (Å²) in [4.78, 5) is 26.4. The summed E-state index contributed by atoms with van der Waals surface area (Å²) >= 11 is 13.4. The molecule has 0 spiro atoms. The number of carbonyl (C=O) groups is 2. The number of thioether (sulfide) groups is 1. The second kappa shape index (κ2) is 8.45. The summed E-state index contributed by atoms with van der Waals surface area (Å²) in [5, 5.41) is 9.45. The fourth-order valence-corrected chi connectivity index (χ4v) is 4.23. The van der Waals surface area contributed by atoms with Gasteiger partial charge in [-0.05, 0) is 32.3 Å². The van der Waals surface area contributed by atoms with E-state index in [2.05, 4.69) is 10.2 Å². The van der Waals surface area contributed by atoms with Crippen molar-refractivity contribution < 1.29 is 14.3 Å². The number of amides is 1. The maximum Gasteiger partial charge on any atom is 0.328 e. The molecule has 26 heavy (non-hydrogen) atoms. The molecular formula is C16H18Cl2N4O3S. The van der Waals surface area contributed by atoms with Crippen LogP contribution in [0, 0.1) is 0 Å². The highest BCUT2D eigenvalue weighted by Gasteiger charge is 2.33. The highest BCUT2D eigenvalue weighted by molar-refractivity contribution is 7.99. The number of pyridine rings is 1. The van der Waals surface area contributed by atoms with Crippen molar-refractivity contribution in [2.24, 2.45) is 0 Å². The minimum Gasteiger partial charge on any atom is -0.464 e. The van der Waals surface area contributed by atoms with Gasteiger partial charge in [-0.25, -0.2) is 4.79 Å². The molecule has 0 aliphatic carbocycles. The number of halogens is 2. The topological polar surface area (TPSA) is 76.8 Å². The Kier molecular flexibility index (Phi) is 6.26. The predicted octanol–water partition coefficient (Wildman–Crippen LogP) is 3.07. The normalized spacial score (nSPS) is 17.5. The fourth-order valence-electron chi connectivity index (χ4n) is 2.92. The molecule has 1 aliphatic rings. The van der Waals surface area contributed by atoms with Crippen molar-refractivity contribution >= 4 is 52.5 Å². The monoisotopic (exact) mass is 416 g/mol. The van der Waals surface area contributed by atoms with E-state index in [9.17, 15) is 9.59 Å². The summed E-state index contributed by atoms with van der Waals surface area (Å²) in [6.45, 7) is 2.62. The molecule has 0 unspecified atom stereocenters. The molecule has 1 aliphatic heterocycles. The molecule has 1 atom stereocenters. The molecule has 2 aromatic heterocycles. The van der Waals surface area contributed by atoms with E-state index in [1.54, 1.807) is 28.5 Å². The molecule has 7 nitrogen and oxygen atoms in total. The number of fused-ring (bicyclic) bond motifs is 1. The molecule has 1 saturated heterocycles. The lowest BCUT2D eigenvalue weighted by Crippen LogP contribution is -2.49. The standard InChI is InChI=1S/C16H18Cl2N4O3S/c1-2-25-15(24)12-5-3-4-6-21(12)13(23)9-26-16-20-19-14-11(18)7-10(17)8-22(14)16/h7-8,12H,2-6,9H2,1H3/t12-/m1/s1. The molecule has 2 aromatic rings. The van der Waals surface area contributed by atoms with Crippen LogP contribution in [0.1, 0.15) is 26.2 Å². The number of rotatable bonds is 5. The fraction of sp³-hybridized carbons (Fsp3) is 0.500. The highest BCUT2D eigenvalue weighted by Crippen LogP contribution is 2.26. The maximum absolute atomic E-state index is 12.7. The third-order valence-corrected chi connectivity index (χ3v) is 5.51. The van der Waals surface area contributed by atoms with Crippen molar-refractivity contribution in [3.63, 3.8) is 0 Å². The van der Waals surface area contributed by atoms with Crippen molar-refractivity contribution in [2.45, 2.75) is 37.4 Å². The third-order valence-electron chi connectivity index (χ3n) is 4.10. The van der Waals surface area contributed by atoms with E-state index in [1.165, 1.54) is 11.8 Å². The zero-order valence-electron chi connectivity index (χ0n) is 14.2. The Labute approximate surface area is 165 Å². The Morgan fingerprint density at radius 2 is 2.15 bits per heavy atom. The molecular weight excluding hydrogens is 399 g/mol. The first-order valence-corrected chi connectivity index (χ1v) is 10.0. The van der Waals surface area contributed by atoms with Gasteiger partial charge < -0.3 is 9.64 Å². The van der Waals surface area contributed by atoms with Crippen molar-refractivity contribution in [1.82, 2.24) is 19.5 Å². The Bertz CT molecular complexity index is 829. The molecule has 0 saturated carbocycles. The number of hydrogen-bond donors (Lipinski definition) is 0. The van der Waals surface area contributed by atoms with Crippen molar-refractivity contribution in [3.05, 3.63) is 22.3 Å². The zero-order valence-corrected chi connectivity index (χ0v) is 16.5. The minimum absolute atomic E-state index is 0.127. The van der Waals surface area contributed by atoms with E-state index >= 15 is 0 Å². The summed E-state index contributed by atoms with van der Waals surface area (Å²) in [6, 6.07) is 1.08. The molecule has 1 fully saturated rings. The van der Waals surface area contributed by atoms with Crippen molar-refractivity contribution in [2.75, 3.05) is 18.9 Å². The van der Waals surface area contributed by atoms with Crippen molar-refractivity contribution in [3.8, 4) is 0 Å². The maximum atomic E-state index is 12.7. The minimum atomic E-state index is -0.504. The number of likely N-dealkylation sites (tertiary alicyclic amines) is 1. The van der Waals surface area contributed by atoms with Crippen LogP contribution < -0.4 is 0 Å². The molecule has 0 N–H and O–H groups in total. The summed E-state index contributed by atoms with van der Waals surface area (Å²) in [5.74, 6) is -0.324. The lowest BCUT2D eigenvalue weighted by molar-refractivity contribution is -0.155. The SMILES string of the molecule is CCOC(=O)[C@H]1CCCCN1C(=O)CSc1nnc2c(Cl)cc(Cl)cn12. The van der Waals surface area contributed by atoms with Crippen LogP contribution in [0.4, 0.5) is 0 Å². The van der Waals surface area contributed by atoms with Crippen LogP contribution in [-0.2, 0) is 14.3 Å². The molecule has 1 amide bonds. The largest absolute Gasteiger partial charge is 0.464 e. The lowest BCUT2D eigenvalue weighted by Gasteiger charge is -2.33. The Balaban J connectivity index is 1.71.